The molecular weight excluding hydrogens is 131 g/mol. The van der Waals surface area contributed by atoms with Gasteiger partial charge in [0.1, 0.15) is 14.0 Å². The first-order chi connectivity index (χ1) is 4.77. The molecule has 0 aliphatic carbocycles. The van der Waals surface area contributed by atoms with Crippen LogP contribution in [-0.2, 0) is 9.47 Å². The molecule has 0 spiro atoms. The van der Waals surface area contributed by atoms with Crippen molar-refractivity contribution in [3.05, 3.63) is 0 Å². The van der Waals surface area contributed by atoms with Crippen LogP contribution in [0.3, 0.4) is 0 Å². The molecule has 1 rings (SSSR count). The van der Waals surface area contributed by atoms with Gasteiger partial charge in [-0.15, -0.1) is 0 Å². The Hall–Kier alpha value is -0.0551. The van der Waals surface area contributed by atoms with E-state index in [1.54, 1.807) is 7.11 Å². The molecule has 4 heteroatoms. The SMILES string of the molecule is BC1CC(OC)[C@@H](CO)O1. The lowest BCUT2D eigenvalue weighted by Crippen LogP contribution is -2.26. The molecule has 3 atom stereocenters. The monoisotopic (exact) mass is 144 g/mol. The first-order valence-corrected chi connectivity index (χ1v) is 3.57. The van der Waals surface area contributed by atoms with Gasteiger partial charge in [-0.2, -0.15) is 0 Å². The van der Waals surface area contributed by atoms with Gasteiger partial charge in [0, 0.05) is 13.1 Å². The second-order valence-corrected chi connectivity index (χ2v) is 2.68. The molecule has 0 aromatic carbocycles. The molecule has 1 heterocycles. The number of rotatable bonds is 2. The molecule has 1 fully saturated rings. The average Bonchev–Trinajstić information content (AvgIpc) is 2.30. The molecule has 0 amide bonds. The standard InChI is InChI=1S/C6H13BO3/c1-9-4-2-6(7)10-5(4)3-8/h4-6,8H,2-3,7H2,1H3/t4?,5-,6?/m1/s1. The van der Waals surface area contributed by atoms with Gasteiger partial charge in [-0.05, 0) is 6.42 Å². The molecule has 0 aromatic heterocycles. The molecule has 1 N–H and O–H groups in total. The maximum Gasteiger partial charge on any atom is 0.139 e. The van der Waals surface area contributed by atoms with Crippen molar-refractivity contribution in [1.82, 2.24) is 0 Å². The van der Waals surface area contributed by atoms with E-state index in [2.05, 4.69) is 0 Å². The molecule has 10 heavy (non-hydrogen) atoms. The van der Waals surface area contributed by atoms with E-state index in [4.69, 9.17) is 14.6 Å². The van der Waals surface area contributed by atoms with Gasteiger partial charge in [-0.25, -0.2) is 0 Å². The summed E-state index contributed by atoms with van der Waals surface area (Å²) in [7, 11) is 3.64. The number of hydrogen-bond acceptors (Lipinski definition) is 3. The summed E-state index contributed by atoms with van der Waals surface area (Å²) in [5, 5.41) is 8.78. The van der Waals surface area contributed by atoms with E-state index >= 15 is 0 Å². The number of ether oxygens (including phenoxy) is 2. The first-order valence-electron chi connectivity index (χ1n) is 3.57. The third-order valence-corrected chi connectivity index (χ3v) is 1.87. The van der Waals surface area contributed by atoms with Crippen LogP contribution in [0.15, 0.2) is 0 Å². The number of aliphatic hydroxyl groups is 1. The fraction of sp³-hybridized carbons (Fsp3) is 1.00. The Balaban J connectivity index is 2.41. The Kier molecular flexibility index (Phi) is 2.71. The molecule has 1 aliphatic rings. The second-order valence-electron chi connectivity index (χ2n) is 2.68. The summed E-state index contributed by atoms with van der Waals surface area (Å²) in [6.45, 7) is 0.0584. The molecule has 0 bridgehead atoms. The average molecular weight is 144 g/mol. The highest BCUT2D eigenvalue weighted by Crippen LogP contribution is 2.19. The minimum absolute atomic E-state index is 0.0584. The third kappa shape index (κ3) is 1.51. The Bertz CT molecular complexity index is 97.2. The summed E-state index contributed by atoms with van der Waals surface area (Å²) in [5.74, 6) is 0. The van der Waals surface area contributed by atoms with Crippen molar-refractivity contribution in [3.8, 4) is 0 Å². The second kappa shape index (κ2) is 3.37. The van der Waals surface area contributed by atoms with Crippen LogP contribution in [-0.4, -0.2) is 44.9 Å². The van der Waals surface area contributed by atoms with E-state index in [0.717, 1.165) is 6.42 Å². The highest BCUT2D eigenvalue weighted by atomic mass is 16.6. The summed E-state index contributed by atoms with van der Waals surface area (Å²) >= 11 is 0. The highest BCUT2D eigenvalue weighted by molar-refractivity contribution is 6.11. The number of hydrogen-bond donors (Lipinski definition) is 1. The van der Waals surface area contributed by atoms with Gasteiger partial charge in [0.15, 0.2) is 0 Å². The van der Waals surface area contributed by atoms with Crippen LogP contribution in [0.1, 0.15) is 6.42 Å². The van der Waals surface area contributed by atoms with Crippen LogP contribution >= 0.6 is 0 Å². The zero-order valence-corrected chi connectivity index (χ0v) is 6.41. The van der Waals surface area contributed by atoms with E-state index in [0.29, 0.717) is 0 Å². The van der Waals surface area contributed by atoms with Crippen molar-refractivity contribution in [2.75, 3.05) is 13.7 Å². The Morgan fingerprint density at radius 3 is 2.90 bits per heavy atom. The van der Waals surface area contributed by atoms with Crippen LogP contribution in [0.4, 0.5) is 0 Å². The largest absolute Gasteiger partial charge is 0.394 e. The van der Waals surface area contributed by atoms with Crippen molar-refractivity contribution >= 4 is 7.85 Å². The van der Waals surface area contributed by atoms with Crippen LogP contribution < -0.4 is 0 Å². The van der Waals surface area contributed by atoms with Crippen molar-refractivity contribution in [2.45, 2.75) is 24.6 Å². The predicted molar refractivity (Wildman–Crippen MR) is 39.7 cm³/mol. The Morgan fingerprint density at radius 1 is 1.80 bits per heavy atom. The summed E-state index contributed by atoms with van der Waals surface area (Å²) in [6, 6.07) is 0.224. The maximum absolute atomic E-state index is 8.78. The summed E-state index contributed by atoms with van der Waals surface area (Å²) in [5.41, 5.74) is 0. The van der Waals surface area contributed by atoms with Gasteiger partial charge in [0.05, 0.1) is 12.7 Å². The molecular formula is C6H13BO3. The van der Waals surface area contributed by atoms with Gasteiger partial charge in [-0.1, -0.05) is 0 Å². The van der Waals surface area contributed by atoms with Gasteiger partial charge in [0.25, 0.3) is 0 Å². The van der Waals surface area contributed by atoms with Gasteiger partial charge in [-0.3, -0.25) is 0 Å². The van der Waals surface area contributed by atoms with Crippen molar-refractivity contribution in [3.63, 3.8) is 0 Å². The van der Waals surface area contributed by atoms with Crippen LogP contribution in [0.5, 0.6) is 0 Å². The van der Waals surface area contributed by atoms with E-state index in [1.807, 2.05) is 7.85 Å². The first kappa shape index (κ1) is 8.05. The van der Waals surface area contributed by atoms with E-state index in [9.17, 15) is 0 Å². The molecule has 0 aromatic rings. The van der Waals surface area contributed by atoms with Crippen molar-refractivity contribution < 1.29 is 14.6 Å². The van der Waals surface area contributed by atoms with Crippen molar-refractivity contribution in [2.24, 2.45) is 0 Å². The minimum Gasteiger partial charge on any atom is -0.394 e. The summed E-state index contributed by atoms with van der Waals surface area (Å²) in [6.07, 6.45) is 0.863. The van der Waals surface area contributed by atoms with Crippen LogP contribution in [0.2, 0.25) is 0 Å². The van der Waals surface area contributed by atoms with Crippen molar-refractivity contribution in [1.29, 1.82) is 0 Å². The van der Waals surface area contributed by atoms with E-state index in [-0.39, 0.29) is 24.8 Å². The third-order valence-electron chi connectivity index (χ3n) is 1.87. The van der Waals surface area contributed by atoms with Crippen LogP contribution in [0.25, 0.3) is 0 Å². The Morgan fingerprint density at radius 2 is 2.50 bits per heavy atom. The smallest absolute Gasteiger partial charge is 0.139 e. The molecule has 1 aliphatic heterocycles. The zero-order chi connectivity index (χ0) is 7.56. The van der Waals surface area contributed by atoms with Gasteiger partial charge < -0.3 is 14.6 Å². The van der Waals surface area contributed by atoms with E-state index in [1.165, 1.54) is 0 Å². The van der Waals surface area contributed by atoms with E-state index < -0.39 is 0 Å². The molecule has 1 saturated heterocycles. The quantitative estimate of drug-likeness (QED) is 0.491. The summed E-state index contributed by atoms with van der Waals surface area (Å²) in [4.78, 5) is 0. The molecule has 58 valence electrons. The van der Waals surface area contributed by atoms with Gasteiger partial charge in [0.2, 0.25) is 0 Å². The molecule has 2 unspecified atom stereocenters. The minimum atomic E-state index is -0.111. The topological polar surface area (TPSA) is 38.7 Å². The lowest BCUT2D eigenvalue weighted by atomic mass is 9.96. The lowest BCUT2D eigenvalue weighted by Gasteiger charge is -2.13. The fourth-order valence-corrected chi connectivity index (χ4v) is 1.33. The molecule has 3 nitrogen and oxygen atoms in total. The summed E-state index contributed by atoms with van der Waals surface area (Å²) < 4.78 is 10.4. The Labute approximate surface area is 61.7 Å². The normalized spacial score (nSPS) is 40.4. The fourth-order valence-electron chi connectivity index (χ4n) is 1.33. The predicted octanol–water partition coefficient (Wildman–Crippen LogP) is -1.26. The highest BCUT2D eigenvalue weighted by Gasteiger charge is 2.31. The zero-order valence-electron chi connectivity index (χ0n) is 6.41. The maximum atomic E-state index is 8.78. The molecule has 0 radical (unpaired) electrons. The van der Waals surface area contributed by atoms with Crippen LogP contribution in [0, 0.1) is 0 Å². The number of aliphatic hydroxyl groups excluding tert-OH is 1. The van der Waals surface area contributed by atoms with Gasteiger partial charge >= 0.3 is 0 Å². The molecule has 0 saturated carbocycles. The lowest BCUT2D eigenvalue weighted by molar-refractivity contribution is -0.0205. The number of methoxy groups -OCH3 is 1.